The molecule has 0 aliphatic heterocycles. The van der Waals surface area contributed by atoms with Crippen LogP contribution in [0.25, 0.3) is 5.57 Å². The molecule has 0 unspecified atom stereocenters. The molecule has 0 radical (unpaired) electrons. The van der Waals surface area contributed by atoms with Crippen molar-refractivity contribution in [2.24, 2.45) is 0 Å². The summed E-state index contributed by atoms with van der Waals surface area (Å²) in [6.07, 6.45) is 7.54. The summed E-state index contributed by atoms with van der Waals surface area (Å²) in [5.74, 6) is 0.439. The van der Waals surface area contributed by atoms with Crippen LogP contribution in [0.2, 0.25) is 0 Å². The summed E-state index contributed by atoms with van der Waals surface area (Å²) in [4.78, 5) is 2.42. The molecule has 2 aromatic carbocycles. The molecule has 0 bridgehead atoms. The Labute approximate surface area is 140 Å². The zero-order valence-electron chi connectivity index (χ0n) is 14.3. The molecule has 0 aromatic heterocycles. The van der Waals surface area contributed by atoms with Crippen LogP contribution in [0.4, 0.5) is 0 Å². The van der Waals surface area contributed by atoms with Gasteiger partial charge in [0.2, 0.25) is 0 Å². The fourth-order valence-electron chi connectivity index (χ4n) is 3.80. The van der Waals surface area contributed by atoms with Gasteiger partial charge in [0.25, 0.3) is 0 Å². The third kappa shape index (κ3) is 3.73. The SMILES string of the molecule is CN(C)[C@H]1CCCC/C=C(\c2ccccc2)[C@@H]1c1ccccc1. The lowest BCUT2D eigenvalue weighted by Gasteiger charge is -2.36. The second kappa shape index (κ2) is 7.61. The van der Waals surface area contributed by atoms with Gasteiger partial charge in [-0.05, 0) is 50.1 Å². The molecule has 2 aromatic rings. The van der Waals surface area contributed by atoms with Crippen molar-refractivity contribution < 1.29 is 0 Å². The van der Waals surface area contributed by atoms with Gasteiger partial charge in [-0.25, -0.2) is 0 Å². The Morgan fingerprint density at radius 1 is 0.826 bits per heavy atom. The van der Waals surface area contributed by atoms with E-state index in [1.165, 1.54) is 42.4 Å². The second-order valence-electron chi connectivity index (χ2n) is 6.73. The van der Waals surface area contributed by atoms with Gasteiger partial charge in [-0.1, -0.05) is 73.2 Å². The molecule has 1 aliphatic carbocycles. The fraction of sp³-hybridized carbons (Fsp3) is 0.364. The van der Waals surface area contributed by atoms with Gasteiger partial charge in [-0.2, -0.15) is 0 Å². The minimum absolute atomic E-state index is 0.439. The highest BCUT2D eigenvalue weighted by molar-refractivity contribution is 5.72. The number of hydrogen-bond acceptors (Lipinski definition) is 1. The highest BCUT2D eigenvalue weighted by Gasteiger charge is 2.29. The number of nitrogens with zero attached hydrogens (tertiary/aromatic N) is 1. The Kier molecular flexibility index (Phi) is 5.30. The van der Waals surface area contributed by atoms with Crippen LogP contribution in [-0.2, 0) is 0 Å². The largest absolute Gasteiger partial charge is 0.306 e. The number of benzene rings is 2. The minimum Gasteiger partial charge on any atom is -0.306 e. The molecule has 3 rings (SSSR count). The molecule has 0 saturated carbocycles. The maximum atomic E-state index is 2.49. The average molecular weight is 305 g/mol. The maximum absolute atomic E-state index is 2.49. The van der Waals surface area contributed by atoms with E-state index in [1.807, 2.05) is 0 Å². The number of allylic oxidation sites excluding steroid dienone is 1. The lowest BCUT2D eigenvalue weighted by atomic mass is 9.77. The van der Waals surface area contributed by atoms with E-state index in [0.29, 0.717) is 12.0 Å². The molecule has 0 fully saturated rings. The standard InChI is InChI=1S/C22H27N/c1-23(2)21-17-11-5-10-16-20(18-12-6-3-7-13-18)22(21)19-14-8-4-9-15-19/h3-4,6-9,12-16,21-22H,5,10-11,17H2,1-2H3/b20-16+/t21-,22-/m0/s1. The van der Waals surface area contributed by atoms with Crippen LogP contribution in [0.5, 0.6) is 0 Å². The van der Waals surface area contributed by atoms with Crippen molar-refractivity contribution in [1.82, 2.24) is 4.90 Å². The molecular weight excluding hydrogens is 278 g/mol. The van der Waals surface area contributed by atoms with Crippen LogP contribution in [0.3, 0.4) is 0 Å². The Bertz CT molecular complexity index is 628. The first-order valence-electron chi connectivity index (χ1n) is 8.74. The molecular formula is C22H27N. The number of rotatable bonds is 3. The lowest BCUT2D eigenvalue weighted by Crippen LogP contribution is -2.35. The van der Waals surface area contributed by atoms with Gasteiger partial charge in [0.05, 0.1) is 0 Å². The van der Waals surface area contributed by atoms with Crippen LogP contribution in [0.1, 0.15) is 42.7 Å². The van der Waals surface area contributed by atoms with Crippen molar-refractivity contribution in [3.8, 4) is 0 Å². The van der Waals surface area contributed by atoms with Gasteiger partial charge in [0.15, 0.2) is 0 Å². The van der Waals surface area contributed by atoms with E-state index >= 15 is 0 Å². The van der Waals surface area contributed by atoms with Crippen LogP contribution < -0.4 is 0 Å². The molecule has 1 aliphatic rings. The van der Waals surface area contributed by atoms with Gasteiger partial charge in [0.1, 0.15) is 0 Å². The predicted molar refractivity (Wildman–Crippen MR) is 99.5 cm³/mol. The summed E-state index contributed by atoms with van der Waals surface area (Å²) in [5, 5.41) is 0. The molecule has 1 heteroatoms. The summed E-state index contributed by atoms with van der Waals surface area (Å²) < 4.78 is 0. The van der Waals surface area contributed by atoms with Crippen LogP contribution in [-0.4, -0.2) is 25.0 Å². The Hall–Kier alpha value is -1.86. The Morgan fingerprint density at radius 2 is 1.48 bits per heavy atom. The highest BCUT2D eigenvalue weighted by Crippen LogP contribution is 2.40. The smallest absolute Gasteiger partial charge is 0.0248 e. The monoisotopic (exact) mass is 305 g/mol. The average Bonchev–Trinajstić information content (AvgIpc) is 2.56. The van der Waals surface area contributed by atoms with Crippen LogP contribution in [0, 0.1) is 0 Å². The second-order valence-corrected chi connectivity index (χ2v) is 6.73. The summed E-state index contributed by atoms with van der Waals surface area (Å²) in [5.41, 5.74) is 4.30. The van der Waals surface area contributed by atoms with Gasteiger partial charge < -0.3 is 4.90 Å². The molecule has 0 N–H and O–H groups in total. The van der Waals surface area contributed by atoms with Crippen LogP contribution >= 0.6 is 0 Å². The van der Waals surface area contributed by atoms with Gasteiger partial charge >= 0.3 is 0 Å². The van der Waals surface area contributed by atoms with E-state index in [4.69, 9.17) is 0 Å². The quantitative estimate of drug-likeness (QED) is 0.738. The van der Waals surface area contributed by atoms with E-state index in [0.717, 1.165) is 0 Å². The summed E-state index contributed by atoms with van der Waals surface area (Å²) in [6, 6.07) is 22.5. The minimum atomic E-state index is 0.439. The summed E-state index contributed by atoms with van der Waals surface area (Å²) >= 11 is 0. The third-order valence-corrected chi connectivity index (χ3v) is 4.97. The zero-order valence-corrected chi connectivity index (χ0v) is 14.3. The first kappa shape index (κ1) is 16.0. The lowest BCUT2D eigenvalue weighted by molar-refractivity contribution is 0.254. The van der Waals surface area contributed by atoms with E-state index < -0.39 is 0 Å². The maximum Gasteiger partial charge on any atom is 0.0248 e. The van der Waals surface area contributed by atoms with E-state index in [2.05, 4.69) is 85.7 Å². The Morgan fingerprint density at radius 3 is 2.13 bits per heavy atom. The van der Waals surface area contributed by atoms with Crippen molar-refractivity contribution in [2.45, 2.75) is 37.6 Å². The molecule has 120 valence electrons. The molecule has 0 amide bonds. The first-order chi connectivity index (χ1) is 11.3. The summed E-state index contributed by atoms with van der Waals surface area (Å²) in [7, 11) is 4.45. The highest BCUT2D eigenvalue weighted by atomic mass is 15.1. The van der Waals surface area contributed by atoms with Crippen molar-refractivity contribution in [1.29, 1.82) is 0 Å². The zero-order chi connectivity index (χ0) is 16.1. The van der Waals surface area contributed by atoms with E-state index in [1.54, 1.807) is 0 Å². The van der Waals surface area contributed by atoms with Crippen molar-refractivity contribution in [2.75, 3.05) is 14.1 Å². The van der Waals surface area contributed by atoms with Crippen molar-refractivity contribution in [3.63, 3.8) is 0 Å². The molecule has 0 heterocycles. The molecule has 2 atom stereocenters. The van der Waals surface area contributed by atoms with Gasteiger partial charge in [-0.15, -0.1) is 0 Å². The van der Waals surface area contributed by atoms with E-state index in [9.17, 15) is 0 Å². The van der Waals surface area contributed by atoms with Gasteiger partial charge in [0, 0.05) is 12.0 Å². The fourth-order valence-corrected chi connectivity index (χ4v) is 3.80. The molecule has 0 spiro atoms. The number of likely N-dealkylation sites (N-methyl/N-ethyl adjacent to an activating group) is 1. The topological polar surface area (TPSA) is 3.24 Å². The van der Waals surface area contributed by atoms with Crippen molar-refractivity contribution >= 4 is 5.57 Å². The first-order valence-corrected chi connectivity index (χ1v) is 8.74. The van der Waals surface area contributed by atoms with Gasteiger partial charge in [-0.3, -0.25) is 0 Å². The summed E-state index contributed by atoms with van der Waals surface area (Å²) in [6.45, 7) is 0. The Balaban J connectivity index is 2.11. The van der Waals surface area contributed by atoms with E-state index in [-0.39, 0.29) is 0 Å². The molecule has 0 saturated heterocycles. The third-order valence-electron chi connectivity index (χ3n) is 4.97. The number of hydrogen-bond donors (Lipinski definition) is 0. The molecule has 23 heavy (non-hydrogen) atoms. The predicted octanol–water partition coefficient (Wildman–Crippen LogP) is 5.36. The normalized spacial score (nSPS) is 24.6. The van der Waals surface area contributed by atoms with Crippen molar-refractivity contribution in [3.05, 3.63) is 77.9 Å². The molecule has 1 nitrogen and oxygen atoms in total. The van der Waals surface area contributed by atoms with Crippen LogP contribution in [0.15, 0.2) is 66.7 Å².